The number of hydrogen-bond donors (Lipinski definition) is 1. The Morgan fingerprint density at radius 1 is 1.07 bits per heavy atom. The number of benzene rings is 2. The van der Waals surface area contributed by atoms with Gasteiger partial charge in [-0.15, -0.1) is 0 Å². The number of nitrogens with zero attached hydrogens (tertiary/aromatic N) is 3. The summed E-state index contributed by atoms with van der Waals surface area (Å²) in [5.41, 5.74) is 4.98. The maximum absolute atomic E-state index is 12.7. The zero-order chi connectivity index (χ0) is 21.1. The number of nitrogens with one attached hydrogen (secondary N) is 1. The first-order valence-electron chi connectivity index (χ1n) is 10.4. The van der Waals surface area contributed by atoms with E-state index in [9.17, 15) is 4.79 Å². The zero-order valence-electron chi connectivity index (χ0n) is 17.4. The van der Waals surface area contributed by atoms with Gasteiger partial charge in [-0.05, 0) is 72.4 Å². The summed E-state index contributed by atoms with van der Waals surface area (Å²) in [6.07, 6.45) is 1.97. The molecular formula is C24H27BrN4O. The second-order valence-electron chi connectivity index (χ2n) is 7.95. The second kappa shape index (κ2) is 9.14. The van der Waals surface area contributed by atoms with Gasteiger partial charge in [-0.1, -0.05) is 30.3 Å². The Bertz CT molecular complexity index is 1010. The highest BCUT2D eigenvalue weighted by Crippen LogP contribution is 2.23. The number of piperidine rings is 1. The van der Waals surface area contributed by atoms with Crippen molar-refractivity contribution in [1.29, 1.82) is 0 Å². The summed E-state index contributed by atoms with van der Waals surface area (Å²) in [6, 6.07) is 18.4. The van der Waals surface area contributed by atoms with E-state index < -0.39 is 0 Å². The smallest absolute Gasteiger partial charge is 0.251 e. The lowest BCUT2D eigenvalue weighted by Gasteiger charge is -2.32. The maximum atomic E-state index is 12.7. The predicted octanol–water partition coefficient (Wildman–Crippen LogP) is 4.65. The maximum Gasteiger partial charge on any atom is 0.251 e. The molecule has 0 atom stereocenters. The van der Waals surface area contributed by atoms with Crippen molar-refractivity contribution in [2.24, 2.45) is 0 Å². The van der Waals surface area contributed by atoms with E-state index in [0.717, 1.165) is 54.0 Å². The fourth-order valence-electron chi connectivity index (χ4n) is 3.97. The topological polar surface area (TPSA) is 50.2 Å². The van der Waals surface area contributed by atoms with Gasteiger partial charge in [0.2, 0.25) is 0 Å². The van der Waals surface area contributed by atoms with Gasteiger partial charge in [0.25, 0.3) is 5.91 Å². The van der Waals surface area contributed by atoms with Crippen molar-refractivity contribution in [3.05, 3.63) is 81.6 Å². The fraction of sp³-hybridized carbons (Fsp3) is 0.333. The number of likely N-dealkylation sites (tertiary alicyclic amines) is 1. The van der Waals surface area contributed by atoms with Crippen LogP contribution < -0.4 is 5.32 Å². The van der Waals surface area contributed by atoms with Gasteiger partial charge in [-0.25, -0.2) is 4.68 Å². The Morgan fingerprint density at radius 3 is 2.33 bits per heavy atom. The molecule has 2 heterocycles. The molecule has 1 saturated heterocycles. The molecule has 1 N–H and O–H groups in total. The van der Waals surface area contributed by atoms with Gasteiger partial charge in [0, 0.05) is 31.2 Å². The van der Waals surface area contributed by atoms with Gasteiger partial charge in [0.15, 0.2) is 0 Å². The Kier molecular flexibility index (Phi) is 6.35. The molecule has 1 aromatic heterocycles. The minimum absolute atomic E-state index is 0.00222. The Labute approximate surface area is 186 Å². The summed E-state index contributed by atoms with van der Waals surface area (Å²) < 4.78 is 2.91. The SMILES string of the molecule is Cc1nn(-c2ccc(C(=O)NC3CCN(Cc4ccccc4)CC3)cc2)c(C)c1Br. The number of halogens is 1. The van der Waals surface area contributed by atoms with E-state index in [1.54, 1.807) is 0 Å². The largest absolute Gasteiger partial charge is 0.349 e. The highest BCUT2D eigenvalue weighted by molar-refractivity contribution is 9.10. The van der Waals surface area contributed by atoms with Crippen LogP contribution in [0.5, 0.6) is 0 Å². The molecule has 1 amide bonds. The molecule has 0 radical (unpaired) electrons. The molecule has 1 aliphatic rings. The molecule has 2 aromatic carbocycles. The molecule has 4 rings (SSSR count). The van der Waals surface area contributed by atoms with E-state index in [1.165, 1.54) is 5.56 Å². The van der Waals surface area contributed by atoms with Gasteiger partial charge in [0.1, 0.15) is 0 Å². The average molecular weight is 467 g/mol. The summed E-state index contributed by atoms with van der Waals surface area (Å²) in [7, 11) is 0. The minimum Gasteiger partial charge on any atom is -0.349 e. The van der Waals surface area contributed by atoms with Crippen molar-refractivity contribution in [3.8, 4) is 5.69 Å². The fourth-order valence-corrected chi connectivity index (χ4v) is 4.22. The first-order valence-corrected chi connectivity index (χ1v) is 11.2. The molecule has 6 heteroatoms. The molecule has 1 fully saturated rings. The van der Waals surface area contributed by atoms with Crippen molar-refractivity contribution >= 4 is 21.8 Å². The van der Waals surface area contributed by atoms with Crippen LogP contribution in [0.1, 0.15) is 40.2 Å². The lowest BCUT2D eigenvalue weighted by Crippen LogP contribution is -2.44. The van der Waals surface area contributed by atoms with Crippen LogP contribution in [-0.2, 0) is 6.54 Å². The van der Waals surface area contributed by atoms with E-state index in [4.69, 9.17) is 0 Å². The third-order valence-electron chi connectivity index (χ3n) is 5.75. The number of carbonyl (C=O) groups excluding carboxylic acids is 1. The third kappa shape index (κ3) is 4.65. The van der Waals surface area contributed by atoms with E-state index in [-0.39, 0.29) is 11.9 Å². The van der Waals surface area contributed by atoms with E-state index in [2.05, 4.69) is 55.5 Å². The second-order valence-corrected chi connectivity index (χ2v) is 8.75. The first kappa shape index (κ1) is 20.8. The molecule has 0 spiro atoms. The van der Waals surface area contributed by atoms with Crippen molar-refractivity contribution in [2.45, 2.75) is 39.3 Å². The summed E-state index contributed by atoms with van der Waals surface area (Å²) in [4.78, 5) is 15.2. The van der Waals surface area contributed by atoms with Crippen LogP contribution >= 0.6 is 15.9 Å². The number of aromatic nitrogens is 2. The molecule has 0 saturated carbocycles. The van der Waals surface area contributed by atoms with Crippen LogP contribution in [0.15, 0.2) is 59.1 Å². The van der Waals surface area contributed by atoms with Crippen molar-refractivity contribution in [3.63, 3.8) is 0 Å². The van der Waals surface area contributed by atoms with Crippen LogP contribution in [0, 0.1) is 13.8 Å². The number of rotatable bonds is 5. The van der Waals surface area contributed by atoms with E-state index in [1.807, 2.05) is 48.9 Å². The molecule has 0 bridgehead atoms. The molecule has 1 aliphatic heterocycles. The van der Waals surface area contributed by atoms with E-state index in [0.29, 0.717) is 5.56 Å². The number of hydrogen-bond acceptors (Lipinski definition) is 3. The summed E-state index contributed by atoms with van der Waals surface area (Å²) >= 11 is 3.56. The number of amides is 1. The molecule has 5 nitrogen and oxygen atoms in total. The quantitative estimate of drug-likeness (QED) is 0.595. The van der Waals surface area contributed by atoms with Crippen LogP contribution in [0.4, 0.5) is 0 Å². The van der Waals surface area contributed by atoms with Crippen molar-refractivity contribution < 1.29 is 4.79 Å². The molecule has 156 valence electrons. The molecular weight excluding hydrogens is 440 g/mol. The summed E-state index contributed by atoms with van der Waals surface area (Å²) in [5, 5.41) is 7.76. The molecule has 0 unspecified atom stereocenters. The molecule has 3 aromatic rings. The Balaban J connectivity index is 1.32. The lowest BCUT2D eigenvalue weighted by molar-refractivity contribution is 0.0909. The zero-order valence-corrected chi connectivity index (χ0v) is 19.0. The standard InChI is InChI=1S/C24H27BrN4O/c1-17-23(25)18(2)29(27-17)22-10-8-20(9-11-22)24(30)26-21-12-14-28(15-13-21)16-19-6-4-3-5-7-19/h3-11,21H,12-16H2,1-2H3,(H,26,30). The molecule has 0 aliphatic carbocycles. The average Bonchev–Trinajstić information content (AvgIpc) is 3.03. The van der Waals surface area contributed by atoms with Gasteiger partial charge < -0.3 is 5.32 Å². The number of aryl methyl sites for hydroxylation is 1. The number of carbonyl (C=O) groups is 1. The minimum atomic E-state index is -0.00222. The van der Waals surface area contributed by atoms with Crippen LogP contribution in [-0.4, -0.2) is 39.7 Å². The normalized spacial score (nSPS) is 15.3. The van der Waals surface area contributed by atoms with Crippen LogP contribution in [0.25, 0.3) is 5.69 Å². The third-order valence-corrected chi connectivity index (χ3v) is 6.90. The lowest BCUT2D eigenvalue weighted by atomic mass is 10.0. The highest BCUT2D eigenvalue weighted by atomic mass is 79.9. The predicted molar refractivity (Wildman–Crippen MR) is 123 cm³/mol. The van der Waals surface area contributed by atoms with Gasteiger partial charge in [-0.3, -0.25) is 9.69 Å². The van der Waals surface area contributed by atoms with Gasteiger partial charge in [-0.2, -0.15) is 5.10 Å². The Hall–Kier alpha value is -2.44. The van der Waals surface area contributed by atoms with Gasteiger partial charge >= 0.3 is 0 Å². The van der Waals surface area contributed by atoms with Crippen LogP contribution in [0.3, 0.4) is 0 Å². The Morgan fingerprint density at radius 2 is 1.73 bits per heavy atom. The molecule has 30 heavy (non-hydrogen) atoms. The van der Waals surface area contributed by atoms with Crippen LogP contribution in [0.2, 0.25) is 0 Å². The van der Waals surface area contributed by atoms with Crippen molar-refractivity contribution in [1.82, 2.24) is 20.0 Å². The first-order chi connectivity index (χ1) is 14.5. The summed E-state index contributed by atoms with van der Waals surface area (Å²) in [5.74, 6) is -0.00222. The van der Waals surface area contributed by atoms with Crippen molar-refractivity contribution in [2.75, 3.05) is 13.1 Å². The monoisotopic (exact) mass is 466 g/mol. The summed E-state index contributed by atoms with van der Waals surface area (Å²) in [6.45, 7) is 6.98. The van der Waals surface area contributed by atoms with Gasteiger partial charge in [0.05, 0.1) is 21.5 Å². The highest BCUT2D eigenvalue weighted by Gasteiger charge is 2.21. The van der Waals surface area contributed by atoms with E-state index >= 15 is 0 Å².